The van der Waals surface area contributed by atoms with Crippen molar-refractivity contribution >= 4 is 11.8 Å². The number of methoxy groups -OCH3 is 1. The van der Waals surface area contributed by atoms with E-state index in [1.807, 2.05) is 45.9 Å². The Kier molecular flexibility index (Phi) is 7.29. The zero-order chi connectivity index (χ0) is 23.0. The van der Waals surface area contributed by atoms with Crippen molar-refractivity contribution in [3.05, 3.63) is 71.6 Å². The normalized spacial score (nSPS) is 13.2. The number of hydrogen-bond donors (Lipinski definition) is 1. The van der Waals surface area contributed by atoms with Gasteiger partial charge < -0.3 is 19.5 Å². The van der Waals surface area contributed by atoms with E-state index < -0.39 is 0 Å². The second-order valence-corrected chi connectivity index (χ2v) is 7.98. The second-order valence-electron chi connectivity index (χ2n) is 7.98. The smallest absolute Gasteiger partial charge is 0.227 e. The summed E-state index contributed by atoms with van der Waals surface area (Å²) >= 11 is 0. The fourth-order valence-corrected chi connectivity index (χ4v) is 3.90. The first-order valence-corrected chi connectivity index (χ1v) is 11.1. The molecule has 0 spiro atoms. The van der Waals surface area contributed by atoms with Crippen LogP contribution in [0.25, 0.3) is 0 Å². The van der Waals surface area contributed by atoms with Crippen LogP contribution in [0.3, 0.4) is 0 Å². The third-order valence-electron chi connectivity index (χ3n) is 5.75. The molecule has 0 saturated heterocycles. The van der Waals surface area contributed by atoms with Gasteiger partial charge in [-0.05, 0) is 35.7 Å². The predicted molar refractivity (Wildman–Crippen MR) is 121 cm³/mol. The molecule has 3 heterocycles. The van der Waals surface area contributed by atoms with Gasteiger partial charge >= 0.3 is 0 Å². The lowest BCUT2D eigenvalue weighted by Crippen LogP contribution is -2.35. The lowest BCUT2D eigenvalue weighted by molar-refractivity contribution is -0.130. The molecule has 1 aliphatic heterocycles. The molecule has 0 unspecified atom stereocenters. The highest BCUT2D eigenvalue weighted by Gasteiger charge is 2.22. The minimum atomic E-state index is -0.0417. The van der Waals surface area contributed by atoms with Gasteiger partial charge in [0.2, 0.25) is 11.8 Å². The number of rotatable bonds is 8. The van der Waals surface area contributed by atoms with Crippen LogP contribution in [0.4, 0.5) is 0 Å². The molecule has 0 aliphatic carbocycles. The molecule has 9 heteroatoms. The maximum absolute atomic E-state index is 12.9. The Morgan fingerprint density at radius 2 is 1.97 bits per heavy atom. The zero-order valence-corrected chi connectivity index (χ0v) is 18.7. The molecular formula is C24H28N6O3. The van der Waals surface area contributed by atoms with Crippen molar-refractivity contribution in [2.45, 2.75) is 38.8 Å². The van der Waals surface area contributed by atoms with Gasteiger partial charge in [-0.15, -0.1) is 10.2 Å². The molecule has 0 fully saturated rings. The number of fused-ring (bicyclic) bond motifs is 1. The Balaban J connectivity index is 1.29. The summed E-state index contributed by atoms with van der Waals surface area (Å²) in [6, 6.07) is 11.4. The van der Waals surface area contributed by atoms with Crippen LogP contribution in [-0.2, 0) is 41.9 Å². The molecular weight excluding hydrogens is 420 g/mol. The van der Waals surface area contributed by atoms with E-state index in [1.54, 1.807) is 19.5 Å². The molecule has 2 amide bonds. The molecule has 1 aromatic carbocycles. The molecule has 1 aliphatic rings. The van der Waals surface area contributed by atoms with Gasteiger partial charge in [0.25, 0.3) is 0 Å². The fourth-order valence-electron chi connectivity index (χ4n) is 3.90. The molecule has 0 atom stereocenters. The first kappa shape index (κ1) is 22.4. The number of carbonyl (C=O) groups excluding carboxylic acids is 2. The zero-order valence-electron chi connectivity index (χ0n) is 18.7. The minimum absolute atomic E-state index is 0.0417. The summed E-state index contributed by atoms with van der Waals surface area (Å²) < 4.78 is 7.26. The summed E-state index contributed by atoms with van der Waals surface area (Å²) in [5.74, 6) is 2.33. The fraction of sp³-hybridized carbons (Fsp3) is 0.375. The number of carbonyl (C=O) groups is 2. The van der Waals surface area contributed by atoms with E-state index in [0.717, 1.165) is 22.7 Å². The number of nitrogens with one attached hydrogen (secondary N) is 1. The van der Waals surface area contributed by atoms with Gasteiger partial charge in [-0.25, -0.2) is 0 Å². The lowest BCUT2D eigenvalue weighted by Gasteiger charge is -2.20. The molecule has 172 valence electrons. The maximum Gasteiger partial charge on any atom is 0.227 e. The molecule has 3 aromatic rings. The topological polar surface area (TPSA) is 102 Å². The summed E-state index contributed by atoms with van der Waals surface area (Å²) in [5, 5.41) is 11.5. The van der Waals surface area contributed by atoms with Gasteiger partial charge in [-0.3, -0.25) is 14.6 Å². The van der Waals surface area contributed by atoms with Crippen LogP contribution >= 0.6 is 0 Å². The number of pyridine rings is 1. The average Bonchev–Trinajstić information content (AvgIpc) is 3.10. The Hall–Kier alpha value is -3.75. The number of aryl methyl sites for hydroxylation is 1. The molecule has 33 heavy (non-hydrogen) atoms. The summed E-state index contributed by atoms with van der Waals surface area (Å²) in [6.07, 6.45) is 5.48. The van der Waals surface area contributed by atoms with E-state index in [1.165, 1.54) is 0 Å². The van der Waals surface area contributed by atoms with Crippen LogP contribution in [0.1, 0.15) is 29.2 Å². The minimum Gasteiger partial charge on any atom is -0.497 e. The molecule has 0 bridgehead atoms. The quantitative estimate of drug-likeness (QED) is 0.561. The van der Waals surface area contributed by atoms with Crippen molar-refractivity contribution in [1.82, 2.24) is 30.0 Å². The van der Waals surface area contributed by atoms with Crippen molar-refractivity contribution in [3.8, 4) is 5.75 Å². The standard InChI is InChI=1S/C24H28N6O3/c1-33-20-6-2-4-19(14-20)15-24(32)29-11-9-21-27-28-22(30(21)13-12-29)17-26-23(31)8-7-18-5-3-10-25-16-18/h2-6,10,14,16H,7-9,11-13,15,17H2,1H3,(H,26,31). The van der Waals surface area contributed by atoms with Crippen LogP contribution in [0.2, 0.25) is 0 Å². The number of amides is 2. The Morgan fingerprint density at radius 1 is 1.09 bits per heavy atom. The highest BCUT2D eigenvalue weighted by molar-refractivity contribution is 5.79. The van der Waals surface area contributed by atoms with Crippen LogP contribution < -0.4 is 10.1 Å². The van der Waals surface area contributed by atoms with Gasteiger partial charge in [-0.2, -0.15) is 0 Å². The van der Waals surface area contributed by atoms with Crippen molar-refractivity contribution in [3.63, 3.8) is 0 Å². The van der Waals surface area contributed by atoms with Crippen LogP contribution in [0, 0.1) is 0 Å². The van der Waals surface area contributed by atoms with Crippen molar-refractivity contribution in [1.29, 1.82) is 0 Å². The highest BCUT2D eigenvalue weighted by atomic mass is 16.5. The SMILES string of the molecule is COc1cccc(CC(=O)N2CCc3nnc(CNC(=O)CCc4cccnc4)n3CC2)c1. The van der Waals surface area contributed by atoms with Crippen molar-refractivity contribution < 1.29 is 14.3 Å². The molecule has 0 radical (unpaired) electrons. The first-order valence-electron chi connectivity index (χ1n) is 11.1. The maximum atomic E-state index is 12.9. The molecule has 0 saturated carbocycles. The van der Waals surface area contributed by atoms with Crippen LogP contribution in [-0.4, -0.2) is 56.7 Å². The summed E-state index contributed by atoms with van der Waals surface area (Å²) in [5.41, 5.74) is 1.96. The largest absolute Gasteiger partial charge is 0.497 e. The molecule has 9 nitrogen and oxygen atoms in total. The number of hydrogen-bond acceptors (Lipinski definition) is 6. The van der Waals surface area contributed by atoms with E-state index in [4.69, 9.17) is 4.74 Å². The van der Waals surface area contributed by atoms with E-state index in [-0.39, 0.29) is 11.8 Å². The van der Waals surface area contributed by atoms with Gasteiger partial charge in [0.05, 0.1) is 20.1 Å². The molecule has 4 rings (SSSR count). The van der Waals surface area contributed by atoms with E-state index >= 15 is 0 Å². The third-order valence-corrected chi connectivity index (χ3v) is 5.75. The predicted octanol–water partition coefficient (Wildman–Crippen LogP) is 1.56. The Labute approximate surface area is 192 Å². The molecule has 1 N–H and O–H groups in total. The number of nitrogens with zero attached hydrogens (tertiary/aromatic N) is 5. The van der Waals surface area contributed by atoms with Crippen molar-refractivity contribution in [2.75, 3.05) is 20.2 Å². The summed E-state index contributed by atoms with van der Waals surface area (Å²) in [7, 11) is 1.62. The molecule has 2 aromatic heterocycles. The Morgan fingerprint density at radius 3 is 2.79 bits per heavy atom. The number of aromatic nitrogens is 4. The lowest BCUT2D eigenvalue weighted by atomic mass is 10.1. The second kappa shape index (κ2) is 10.7. The van der Waals surface area contributed by atoms with Gasteiger partial charge in [-0.1, -0.05) is 18.2 Å². The summed E-state index contributed by atoms with van der Waals surface area (Å²) in [4.78, 5) is 31.1. The van der Waals surface area contributed by atoms with E-state index in [0.29, 0.717) is 57.7 Å². The van der Waals surface area contributed by atoms with Gasteiger partial charge in [0.1, 0.15) is 11.6 Å². The van der Waals surface area contributed by atoms with Crippen molar-refractivity contribution in [2.24, 2.45) is 0 Å². The average molecular weight is 449 g/mol. The number of benzene rings is 1. The van der Waals surface area contributed by atoms with E-state index in [2.05, 4.69) is 20.5 Å². The van der Waals surface area contributed by atoms with Gasteiger partial charge in [0, 0.05) is 44.9 Å². The highest BCUT2D eigenvalue weighted by Crippen LogP contribution is 2.15. The number of ether oxygens (including phenoxy) is 1. The van der Waals surface area contributed by atoms with Gasteiger partial charge in [0.15, 0.2) is 5.82 Å². The van der Waals surface area contributed by atoms with Crippen LogP contribution in [0.15, 0.2) is 48.8 Å². The summed E-state index contributed by atoms with van der Waals surface area (Å²) in [6.45, 7) is 2.10. The van der Waals surface area contributed by atoms with E-state index in [9.17, 15) is 9.59 Å². The monoisotopic (exact) mass is 448 g/mol. The third kappa shape index (κ3) is 5.94. The van der Waals surface area contributed by atoms with Crippen LogP contribution in [0.5, 0.6) is 5.75 Å². The first-order chi connectivity index (χ1) is 16.1. The Bertz CT molecular complexity index is 1100.